The summed E-state index contributed by atoms with van der Waals surface area (Å²) in [6, 6.07) is 24.1. The molecule has 1 N–H and O–H groups in total. The van der Waals surface area contributed by atoms with E-state index in [1.165, 1.54) is 0 Å². The number of fused-ring (bicyclic) bond motifs is 1. The molecule has 1 aliphatic heterocycles. The van der Waals surface area contributed by atoms with Crippen LogP contribution in [0.1, 0.15) is 11.1 Å². The summed E-state index contributed by atoms with van der Waals surface area (Å²) in [4.78, 5) is 39.3. The molecule has 0 unspecified atom stereocenters. The van der Waals surface area contributed by atoms with Crippen LogP contribution in [0, 0.1) is 3.57 Å². The highest BCUT2D eigenvalue weighted by atomic mass is 127. The minimum absolute atomic E-state index is 0.0873. The smallest absolute Gasteiger partial charge is 0.335 e. The van der Waals surface area contributed by atoms with Crippen LogP contribution in [0.4, 0.5) is 10.5 Å². The van der Waals surface area contributed by atoms with E-state index in [4.69, 9.17) is 0 Å². The Morgan fingerprint density at radius 1 is 0.848 bits per heavy atom. The number of para-hydroxylation sites is 1. The van der Waals surface area contributed by atoms with Gasteiger partial charge in [0.05, 0.1) is 5.69 Å². The summed E-state index contributed by atoms with van der Waals surface area (Å²) in [7, 11) is 0. The van der Waals surface area contributed by atoms with Gasteiger partial charge in [0, 0.05) is 32.8 Å². The van der Waals surface area contributed by atoms with Crippen molar-refractivity contribution in [2.45, 2.75) is 6.54 Å². The lowest BCUT2D eigenvalue weighted by molar-refractivity contribution is -0.122. The van der Waals surface area contributed by atoms with Gasteiger partial charge in [-0.05, 0) is 64.6 Å². The molecule has 0 spiro atoms. The molecule has 162 valence electrons. The Morgan fingerprint density at radius 3 is 2.30 bits per heavy atom. The highest BCUT2D eigenvalue weighted by Gasteiger charge is 2.37. The van der Waals surface area contributed by atoms with Gasteiger partial charge in [-0.1, -0.05) is 48.5 Å². The first-order valence-corrected chi connectivity index (χ1v) is 11.4. The van der Waals surface area contributed by atoms with Crippen LogP contribution < -0.4 is 10.2 Å². The Labute approximate surface area is 203 Å². The lowest BCUT2D eigenvalue weighted by Gasteiger charge is -2.26. The molecule has 0 radical (unpaired) electrons. The average Bonchev–Trinajstić information content (AvgIpc) is 3.16. The van der Waals surface area contributed by atoms with Crippen molar-refractivity contribution in [1.29, 1.82) is 0 Å². The third kappa shape index (κ3) is 4.07. The fourth-order valence-corrected chi connectivity index (χ4v) is 4.30. The van der Waals surface area contributed by atoms with E-state index in [0.717, 1.165) is 30.5 Å². The number of hydrogen-bond donors (Lipinski definition) is 1. The lowest BCUT2D eigenvalue weighted by atomic mass is 10.1. The van der Waals surface area contributed by atoms with Gasteiger partial charge in [0.2, 0.25) is 0 Å². The maximum Gasteiger partial charge on any atom is 0.335 e. The molecule has 4 amide bonds. The van der Waals surface area contributed by atoms with Crippen molar-refractivity contribution >= 4 is 63.1 Å². The van der Waals surface area contributed by atoms with Gasteiger partial charge in [-0.2, -0.15) is 0 Å². The van der Waals surface area contributed by atoms with Crippen LogP contribution in [-0.2, 0) is 16.1 Å². The number of carbonyl (C=O) groups is 3. The molecule has 2 heterocycles. The fraction of sp³-hybridized carbons (Fsp3) is 0.0385. The van der Waals surface area contributed by atoms with Crippen LogP contribution in [0.5, 0.6) is 0 Å². The second-order valence-electron chi connectivity index (χ2n) is 7.65. The SMILES string of the molecule is O=C1NC(=O)N(c2ccc(I)cc2)C(=O)/C1=C/c1cn(Cc2ccccc2)c2ccccc12. The highest BCUT2D eigenvalue weighted by molar-refractivity contribution is 14.1. The van der Waals surface area contributed by atoms with Crippen LogP contribution in [0.3, 0.4) is 0 Å². The lowest BCUT2D eigenvalue weighted by Crippen LogP contribution is -2.54. The largest absolute Gasteiger partial charge is 0.342 e. The third-order valence-electron chi connectivity index (χ3n) is 5.50. The zero-order valence-corrected chi connectivity index (χ0v) is 19.5. The van der Waals surface area contributed by atoms with Crippen molar-refractivity contribution in [3.63, 3.8) is 0 Å². The Kier molecular flexibility index (Phi) is 5.55. The summed E-state index contributed by atoms with van der Waals surface area (Å²) in [6.07, 6.45) is 3.49. The molecule has 0 atom stereocenters. The number of barbiturate groups is 1. The van der Waals surface area contributed by atoms with Gasteiger partial charge in [-0.25, -0.2) is 9.69 Å². The predicted molar refractivity (Wildman–Crippen MR) is 136 cm³/mol. The van der Waals surface area contributed by atoms with Crippen LogP contribution in [0.25, 0.3) is 17.0 Å². The van der Waals surface area contributed by atoms with E-state index >= 15 is 0 Å². The number of benzene rings is 3. The van der Waals surface area contributed by atoms with Crippen LogP contribution in [-0.4, -0.2) is 22.4 Å². The molecule has 1 saturated heterocycles. The first-order chi connectivity index (χ1) is 16.0. The third-order valence-corrected chi connectivity index (χ3v) is 6.22. The number of imide groups is 2. The summed E-state index contributed by atoms with van der Waals surface area (Å²) in [5.74, 6) is -1.35. The van der Waals surface area contributed by atoms with Crippen molar-refractivity contribution in [2.24, 2.45) is 0 Å². The van der Waals surface area contributed by atoms with E-state index in [9.17, 15) is 14.4 Å². The second kappa shape index (κ2) is 8.67. The first-order valence-electron chi connectivity index (χ1n) is 10.3. The summed E-state index contributed by atoms with van der Waals surface area (Å²) >= 11 is 2.15. The number of amides is 4. The molecular weight excluding hydrogens is 529 g/mol. The zero-order chi connectivity index (χ0) is 22.9. The molecule has 3 aromatic carbocycles. The fourth-order valence-electron chi connectivity index (χ4n) is 3.94. The minimum atomic E-state index is -0.755. The van der Waals surface area contributed by atoms with Gasteiger partial charge >= 0.3 is 6.03 Å². The quantitative estimate of drug-likeness (QED) is 0.223. The Hall–Kier alpha value is -3.72. The van der Waals surface area contributed by atoms with Gasteiger partial charge in [0.25, 0.3) is 11.8 Å². The minimum Gasteiger partial charge on any atom is -0.342 e. The molecule has 4 aromatic rings. The molecule has 1 fully saturated rings. The molecule has 7 heteroatoms. The van der Waals surface area contributed by atoms with Crippen molar-refractivity contribution < 1.29 is 14.4 Å². The zero-order valence-electron chi connectivity index (χ0n) is 17.4. The molecule has 1 aliphatic rings. The normalized spacial score (nSPS) is 15.4. The van der Waals surface area contributed by atoms with Crippen molar-refractivity contribution in [3.8, 4) is 0 Å². The molecule has 5 rings (SSSR count). The number of halogens is 1. The standard InChI is InChI=1S/C26H18IN3O3/c27-19-10-12-20(13-11-19)30-25(32)22(24(31)28-26(30)33)14-18-16-29(15-17-6-2-1-3-7-17)23-9-5-4-8-21(18)23/h1-14,16H,15H2,(H,28,31,33)/b22-14+. The Bertz CT molecular complexity index is 1420. The van der Waals surface area contributed by atoms with Gasteiger partial charge in [0.15, 0.2) is 0 Å². The van der Waals surface area contributed by atoms with E-state index in [-0.39, 0.29) is 5.57 Å². The number of urea groups is 1. The molecule has 1 aromatic heterocycles. The van der Waals surface area contributed by atoms with Crippen LogP contribution in [0.2, 0.25) is 0 Å². The monoisotopic (exact) mass is 547 g/mol. The number of nitrogens with one attached hydrogen (secondary N) is 1. The summed E-state index contributed by atoms with van der Waals surface area (Å²) in [5, 5.41) is 3.20. The molecule has 0 aliphatic carbocycles. The number of aromatic nitrogens is 1. The van der Waals surface area contributed by atoms with E-state index < -0.39 is 17.8 Å². The van der Waals surface area contributed by atoms with Gasteiger partial charge in [0.1, 0.15) is 5.57 Å². The molecule has 0 bridgehead atoms. The maximum absolute atomic E-state index is 13.2. The van der Waals surface area contributed by atoms with Crippen molar-refractivity contribution in [1.82, 2.24) is 9.88 Å². The second-order valence-corrected chi connectivity index (χ2v) is 8.89. The van der Waals surface area contributed by atoms with Crippen molar-refractivity contribution in [3.05, 3.63) is 105 Å². The van der Waals surface area contributed by atoms with Gasteiger partial charge in [-0.3, -0.25) is 14.9 Å². The van der Waals surface area contributed by atoms with Crippen LogP contribution in [0.15, 0.2) is 90.6 Å². The van der Waals surface area contributed by atoms with Gasteiger partial charge in [-0.15, -0.1) is 0 Å². The highest BCUT2D eigenvalue weighted by Crippen LogP contribution is 2.27. The van der Waals surface area contributed by atoms with Gasteiger partial charge < -0.3 is 4.57 Å². The van der Waals surface area contributed by atoms with Crippen LogP contribution >= 0.6 is 22.6 Å². The number of nitrogens with zero attached hydrogens (tertiary/aromatic N) is 2. The summed E-state index contributed by atoms with van der Waals surface area (Å²) in [6.45, 7) is 0.651. The van der Waals surface area contributed by atoms with E-state index in [2.05, 4.69) is 44.6 Å². The number of rotatable bonds is 4. The number of hydrogen-bond acceptors (Lipinski definition) is 3. The molecule has 6 nitrogen and oxygen atoms in total. The van der Waals surface area contributed by atoms with E-state index in [1.807, 2.05) is 48.7 Å². The summed E-state index contributed by atoms with van der Waals surface area (Å²) in [5.41, 5.74) is 3.18. The van der Waals surface area contributed by atoms with E-state index in [0.29, 0.717) is 12.2 Å². The molecule has 33 heavy (non-hydrogen) atoms. The number of carbonyl (C=O) groups excluding carboxylic acids is 3. The van der Waals surface area contributed by atoms with Crippen molar-refractivity contribution in [2.75, 3.05) is 4.90 Å². The average molecular weight is 547 g/mol. The molecular formula is C26H18IN3O3. The summed E-state index contributed by atoms with van der Waals surface area (Å²) < 4.78 is 3.06. The number of anilines is 1. The Morgan fingerprint density at radius 2 is 1.55 bits per heavy atom. The topological polar surface area (TPSA) is 71.4 Å². The Balaban J connectivity index is 1.57. The molecule has 0 saturated carbocycles. The first kappa shape index (κ1) is 21.1. The van der Waals surface area contributed by atoms with E-state index in [1.54, 1.807) is 30.3 Å². The maximum atomic E-state index is 13.2. The predicted octanol–water partition coefficient (Wildman–Crippen LogP) is 4.96.